The number of carbonyl (C=O) groups excluding carboxylic acids is 2. The monoisotopic (exact) mass is 341 g/mol. The van der Waals surface area contributed by atoms with Gasteiger partial charge in [-0.15, -0.1) is 0 Å². The van der Waals surface area contributed by atoms with Gasteiger partial charge in [0, 0.05) is 5.02 Å². The molecule has 1 aromatic rings. The number of rotatable bonds is 5. The maximum absolute atomic E-state index is 11.9. The van der Waals surface area contributed by atoms with Crippen LogP contribution in [0.5, 0.6) is 0 Å². The van der Waals surface area contributed by atoms with Crippen LogP contribution in [-0.2, 0) is 14.3 Å². The predicted octanol–water partition coefficient (Wildman–Crippen LogP) is 2.35. The second-order valence-electron chi connectivity index (χ2n) is 4.59. The van der Waals surface area contributed by atoms with Gasteiger partial charge in [0.15, 0.2) is 0 Å². The maximum atomic E-state index is 11.9. The summed E-state index contributed by atoms with van der Waals surface area (Å²) in [6.07, 6.45) is 0.429. The smallest absolute Gasteiger partial charge is 0.333 e. The van der Waals surface area contributed by atoms with Crippen molar-refractivity contribution in [3.8, 4) is 0 Å². The van der Waals surface area contributed by atoms with E-state index in [9.17, 15) is 14.7 Å². The number of amides is 1. The number of β-amino-alcohol motifs (C(OH)–C–C–N with tert-alkyl or cyclic N) is 1. The van der Waals surface area contributed by atoms with Gasteiger partial charge in [-0.05, 0) is 24.6 Å². The third-order valence-electron chi connectivity index (χ3n) is 3.05. The number of aliphatic hydroxyl groups excluding tert-OH is 1. The fourth-order valence-corrected chi connectivity index (χ4v) is 3.04. The van der Waals surface area contributed by atoms with Crippen LogP contribution >= 0.6 is 23.4 Å². The van der Waals surface area contributed by atoms with E-state index in [1.54, 1.807) is 31.2 Å². The molecule has 0 aromatic heterocycles. The molecule has 2 rings (SSSR count). The zero-order valence-electron chi connectivity index (χ0n) is 12.0. The molecule has 1 aliphatic heterocycles. The standard InChI is InChI=1S/C15H16ClNO4S/c1-2-21-15(20)7-14-17(13(19)9-22-14)8-12(18)10-3-5-11(16)6-4-10/h3-7,12,18H,2,8-9H2,1H3/b14-7-/t12-/m1/s1. The minimum absolute atomic E-state index is 0.0820. The highest BCUT2D eigenvalue weighted by Crippen LogP contribution is 2.31. The Bertz CT molecular complexity index is 588. The Balaban J connectivity index is 2.09. The van der Waals surface area contributed by atoms with E-state index in [0.29, 0.717) is 15.6 Å². The van der Waals surface area contributed by atoms with Crippen molar-refractivity contribution in [3.05, 3.63) is 46.0 Å². The first-order valence-corrected chi connectivity index (χ1v) is 8.12. The lowest BCUT2D eigenvalue weighted by Gasteiger charge is -2.21. The Morgan fingerprint density at radius 1 is 1.50 bits per heavy atom. The molecule has 1 saturated heterocycles. The van der Waals surface area contributed by atoms with Crippen molar-refractivity contribution in [2.75, 3.05) is 18.9 Å². The molecule has 118 valence electrons. The fraction of sp³-hybridized carbons (Fsp3) is 0.333. The Morgan fingerprint density at radius 2 is 2.18 bits per heavy atom. The lowest BCUT2D eigenvalue weighted by atomic mass is 10.1. The molecule has 0 saturated carbocycles. The maximum Gasteiger partial charge on any atom is 0.333 e. The van der Waals surface area contributed by atoms with Crippen LogP contribution in [0, 0.1) is 0 Å². The summed E-state index contributed by atoms with van der Waals surface area (Å²) in [4.78, 5) is 24.8. The predicted molar refractivity (Wildman–Crippen MR) is 85.3 cm³/mol. The van der Waals surface area contributed by atoms with Crippen molar-refractivity contribution >= 4 is 35.2 Å². The largest absolute Gasteiger partial charge is 0.463 e. The average Bonchev–Trinajstić information content (AvgIpc) is 2.81. The molecule has 1 aliphatic rings. The van der Waals surface area contributed by atoms with Gasteiger partial charge in [0.1, 0.15) is 0 Å². The summed E-state index contributed by atoms with van der Waals surface area (Å²) in [6.45, 7) is 2.07. The van der Waals surface area contributed by atoms with Crippen molar-refractivity contribution in [2.24, 2.45) is 0 Å². The van der Waals surface area contributed by atoms with Gasteiger partial charge in [0.2, 0.25) is 5.91 Å². The second-order valence-corrected chi connectivity index (χ2v) is 6.03. The van der Waals surface area contributed by atoms with Gasteiger partial charge in [0.25, 0.3) is 0 Å². The van der Waals surface area contributed by atoms with Crippen LogP contribution in [0.2, 0.25) is 5.02 Å². The van der Waals surface area contributed by atoms with E-state index in [-0.39, 0.29) is 24.8 Å². The summed E-state index contributed by atoms with van der Waals surface area (Å²) in [5.41, 5.74) is 0.657. The molecule has 0 radical (unpaired) electrons. The molecule has 0 unspecified atom stereocenters. The first-order chi connectivity index (χ1) is 10.5. The van der Waals surface area contributed by atoms with E-state index in [1.165, 1.54) is 22.7 Å². The summed E-state index contributed by atoms with van der Waals surface area (Å²) in [6, 6.07) is 6.76. The van der Waals surface area contributed by atoms with Crippen molar-refractivity contribution in [1.29, 1.82) is 0 Å². The fourth-order valence-electron chi connectivity index (χ4n) is 1.97. The highest BCUT2D eigenvalue weighted by Gasteiger charge is 2.29. The van der Waals surface area contributed by atoms with Crippen LogP contribution < -0.4 is 0 Å². The van der Waals surface area contributed by atoms with Crippen LogP contribution in [0.4, 0.5) is 0 Å². The molecule has 0 spiro atoms. The molecule has 0 bridgehead atoms. The first kappa shape index (κ1) is 16.9. The molecule has 1 heterocycles. The molecule has 22 heavy (non-hydrogen) atoms. The number of nitrogens with zero attached hydrogens (tertiary/aromatic N) is 1. The molecular formula is C15H16ClNO4S. The topological polar surface area (TPSA) is 66.8 Å². The van der Waals surface area contributed by atoms with Gasteiger partial charge in [-0.1, -0.05) is 35.5 Å². The van der Waals surface area contributed by atoms with E-state index < -0.39 is 12.1 Å². The van der Waals surface area contributed by atoms with E-state index in [2.05, 4.69) is 0 Å². The number of esters is 1. The highest BCUT2D eigenvalue weighted by atomic mass is 35.5. The van der Waals surface area contributed by atoms with Gasteiger partial charge in [-0.2, -0.15) is 0 Å². The molecule has 0 aliphatic carbocycles. The van der Waals surface area contributed by atoms with Crippen LogP contribution in [0.15, 0.2) is 35.4 Å². The SMILES string of the molecule is CCOC(=O)/C=C1\SCC(=O)N1C[C@@H](O)c1ccc(Cl)cc1. The summed E-state index contributed by atoms with van der Waals surface area (Å²) in [7, 11) is 0. The third-order valence-corrected chi connectivity index (χ3v) is 4.33. The zero-order chi connectivity index (χ0) is 16.1. The number of aliphatic hydroxyl groups is 1. The number of carbonyl (C=O) groups is 2. The Kier molecular flexibility index (Phi) is 5.88. The number of halogens is 1. The Labute approximate surface area is 137 Å². The number of hydrogen-bond acceptors (Lipinski definition) is 5. The van der Waals surface area contributed by atoms with Gasteiger partial charge in [0.05, 0.1) is 36.1 Å². The Morgan fingerprint density at radius 3 is 2.82 bits per heavy atom. The minimum Gasteiger partial charge on any atom is -0.463 e. The molecule has 1 aromatic carbocycles. The molecule has 1 atom stereocenters. The molecule has 7 heteroatoms. The Hall–Kier alpha value is -1.50. The quantitative estimate of drug-likeness (QED) is 0.657. The normalized spacial score (nSPS) is 17.9. The van der Waals surface area contributed by atoms with E-state index in [1.807, 2.05) is 0 Å². The average molecular weight is 342 g/mol. The minimum atomic E-state index is -0.856. The van der Waals surface area contributed by atoms with Gasteiger partial charge in [-0.25, -0.2) is 4.79 Å². The summed E-state index contributed by atoms with van der Waals surface area (Å²) >= 11 is 7.07. The number of thioether (sulfide) groups is 1. The first-order valence-electron chi connectivity index (χ1n) is 6.76. The zero-order valence-corrected chi connectivity index (χ0v) is 13.6. The van der Waals surface area contributed by atoms with Gasteiger partial charge < -0.3 is 14.7 Å². The number of hydrogen-bond donors (Lipinski definition) is 1. The molecule has 5 nitrogen and oxygen atoms in total. The van der Waals surface area contributed by atoms with E-state index >= 15 is 0 Å². The van der Waals surface area contributed by atoms with Gasteiger partial charge in [-0.3, -0.25) is 4.79 Å². The molecule has 1 amide bonds. The van der Waals surface area contributed by atoms with E-state index in [4.69, 9.17) is 16.3 Å². The van der Waals surface area contributed by atoms with Crippen molar-refractivity contribution in [1.82, 2.24) is 4.90 Å². The molecular weight excluding hydrogens is 326 g/mol. The number of ether oxygens (including phenoxy) is 1. The van der Waals surface area contributed by atoms with Crippen LogP contribution in [0.3, 0.4) is 0 Å². The summed E-state index contributed by atoms with van der Waals surface area (Å²) in [5.74, 6) is -0.391. The second kappa shape index (κ2) is 7.67. The highest BCUT2D eigenvalue weighted by molar-refractivity contribution is 8.04. The number of benzene rings is 1. The van der Waals surface area contributed by atoms with Crippen LogP contribution in [-0.4, -0.2) is 40.8 Å². The van der Waals surface area contributed by atoms with Crippen molar-refractivity contribution in [2.45, 2.75) is 13.0 Å². The van der Waals surface area contributed by atoms with Crippen molar-refractivity contribution < 1.29 is 19.4 Å². The molecule has 1 N–H and O–H groups in total. The lowest BCUT2D eigenvalue weighted by Crippen LogP contribution is -2.29. The lowest BCUT2D eigenvalue weighted by molar-refractivity contribution is -0.137. The third kappa shape index (κ3) is 4.25. The summed E-state index contributed by atoms with van der Waals surface area (Å²) < 4.78 is 4.85. The van der Waals surface area contributed by atoms with E-state index in [0.717, 1.165) is 0 Å². The van der Waals surface area contributed by atoms with Crippen LogP contribution in [0.1, 0.15) is 18.6 Å². The van der Waals surface area contributed by atoms with Crippen LogP contribution in [0.25, 0.3) is 0 Å². The summed E-state index contributed by atoms with van der Waals surface area (Å²) in [5, 5.41) is 11.3. The van der Waals surface area contributed by atoms with Gasteiger partial charge >= 0.3 is 5.97 Å². The van der Waals surface area contributed by atoms with Crippen molar-refractivity contribution in [3.63, 3.8) is 0 Å². The molecule has 1 fully saturated rings.